The first kappa shape index (κ1) is 15.1. The largest absolute Gasteiger partial charge is 0.484 e. The van der Waals surface area contributed by atoms with Crippen molar-refractivity contribution < 1.29 is 13.9 Å². The third-order valence-corrected chi connectivity index (χ3v) is 4.69. The van der Waals surface area contributed by atoms with Crippen LogP contribution in [0.3, 0.4) is 0 Å². The van der Waals surface area contributed by atoms with Crippen molar-refractivity contribution in [2.45, 2.75) is 38.1 Å². The molecular formula is C20H21NO3. The molecule has 4 heteroatoms. The highest BCUT2D eigenvalue weighted by molar-refractivity contribution is 6.05. The molecule has 24 heavy (non-hydrogen) atoms. The minimum Gasteiger partial charge on any atom is -0.484 e. The quantitative estimate of drug-likeness (QED) is 0.773. The van der Waals surface area contributed by atoms with Gasteiger partial charge in [-0.15, -0.1) is 0 Å². The van der Waals surface area contributed by atoms with E-state index < -0.39 is 0 Å². The Morgan fingerprint density at radius 1 is 1.04 bits per heavy atom. The number of hydrogen-bond acceptors (Lipinski definition) is 3. The molecule has 1 N–H and O–H groups in total. The molecule has 1 aromatic heterocycles. The molecule has 1 saturated carbocycles. The van der Waals surface area contributed by atoms with E-state index in [0.717, 1.165) is 34.8 Å². The highest BCUT2D eigenvalue weighted by atomic mass is 16.5. The molecule has 124 valence electrons. The number of rotatable bonds is 4. The van der Waals surface area contributed by atoms with Gasteiger partial charge in [-0.3, -0.25) is 4.79 Å². The Morgan fingerprint density at radius 3 is 2.71 bits per heavy atom. The molecule has 0 saturated heterocycles. The summed E-state index contributed by atoms with van der Waals surface area (Å²) >= 11 is 0. The lowest BCUT2D eigenvalue weighted by molar-refractivity contribution is -0.124. The van der Waals surface area contributed by atoms with E-state index in [4.69, 9.17) is 9.15 Å². The Bertz CT molecular complexity index is 862. The number of ether oxygens (including phenoxy) is 1. The molecule has 1 aliphatic rings. The van der Waals surface area contributed by atoms with Crippen molar-refractivity contribution >= 4 is 27.8 Å². The summed E-state index contributed by atoms with van der Waals surface area (Å²) in [7, 11) is 0. The number of furan rings is 1. The third-order valence-electron chi connectivity index (χ3n) is 4.69. The fraction of sp³-hybridized carbons (Fsp3) is 0.350. The fourth-order valence-electron chi connectivity index (χ4n) is 3.46. The summed E-state index contributed by atoms with van der Waals surface area (Å²) in [6, 6.07) is 13.9. The summed E-state index contributed by atoms with van der Waals surface area (Å²) in [6.45, 7) is 0.0534. The number of amides is 1. The SMILES string of the molecule is O=C(COc1ccc2oc3ccccc3c2c1)NC1CCCCC1. The molecule has 0 spiro atoms. The van der Waals surface area contributed by atoms with E-state index in [2.05, 4.69) is 5.32 Å². The molecule has 1 fully saturated rings. The van der Waals surface area contributed by atoms with Crippen molar-refractivity contribution in [2.24, 2.45) is 0 Å². The number of para-hydroxylation sites is 1. The van der Waals surface area contributed by atoms with Crippen molar-refractivity contribution in [3.05, 3.63) is 42.5 Å². The van der Waals surface area contributed by atoms with Gasteiger partial charge in [-0.1, -0.05) is 37.5 Å². The van der Waals surface area contributed by atoms with E-state index in [1.165, 1.54) is 19.3 Å². The summed E-state index contributed by atoms with van der Waals surface area (Å²) in [5.74, 6) is 0.645. The van der Waals surface area contributed by atoms with Crippen LogP contribution < -0.4 is 10.1 Å². The zero-order chi connectivity index (χ0) is 16.4. The van der Waals surface area contributed by atoms with Gasteiger partial charge in [0.1, 0.15) is 16.9 Å². The van der Waals surface area contributed by atoms with Crippen LogP contribution in [0, 0.1) is 0 Å². The van der Waals surface area contributed by atoms with Gasteiger partial charge in [0, 0.05) is 16.8 Å². The third kappa shape index (κ3) is 3.09. The summed E-state index contributed by atoms with van der Waals surface area (Å²) in [5.41, 5.74) is 1.69. The Hall–Kier alpha value is -2.49. The van der Waals surface area contributed by atoms with E-state index in [1.807, 2.05) is 42.5 Å². The van der Waals surface area contributed by atoms with Crippen LogP contribution in [-0.2, 0) is 4.79 Å². The van der Waals surface area contributed by atoms with Crippen LogP contribution in [0.15, 0.2) is 46.9 Å². The van der Waals surface area contributed by atoms with E-state index in [-0.39, 0.29) is 12.5 Å². The van der Waals surface area contributed by atoms with Gasteiger partial charge in [-0.05, 0) is 37.1 Å². The van der Waals surface area contributed by atoms with Crippen LogP contribution in [0.5, 0.6) is 5.75 Å². The van der Waals surface area contributed by atoms with Gasteiger partial charge in [-0.25, -0.2) is 0 Å². The number of nitrogens with one attached hydrogen (secondary N) is 1. The maximum absolute atomic E-state index is 12.1. The van der Waals surface area contributed by atoms with Crippen molar-refractivity contribution in [1.82, 2.24) is 5.32 Å². The standard InChI is InChI=1S/C20H21NO3/c22-20(21-14-6-2-1-3-7-14)13-23-15-10-11-19-17(12-15)16-8-4-5-9-18(16)24-19/h4-5,8-12,14H,1-3,6-7,13H2,(H,21,22). The summed E-state index contributed by atoms with van der Waals surface area (Å²) in [4.78, 5) is 12.1. The van der Waals surface area contributed by atoms with Gasteiger partial charge in [0.05, 0.1) is 0 Å². The zero-order valence-electron chi connectivity index (χ0n) is 13.6. The lowest BCUT2D eigenvalue weighted by Crippen LogP contribution is -2.38. The second-order valence-electron chi connectivity index (χ2n) is 6.45. The number of fused-ring (bicyclic) bond motifs is 3. The first-order valence-electron chi connectivity index (χ1n) is 8.63. The van der Waals surface area contributed by atoms with Crippen LogP contribution >= 0.6 is 0 Å². The molecule has 1 amide bonds. The summed E-state index contributed by atoms with van der Waals surface area (Å²) in [5, 5.41) is 5.14. The molecule has 0 atom stereocenters. The highest BCUT2D eigenvalue weighted by Crippen LogP contribution is 2.31. The number of carbonyl (C=O) groups excluding carboxylic acids is 1. The Kier molecular flexibility index (Phi) is 4.11. The Balaban J connectivity index is 1.44. The van der Waals surface area contributed by atoms with Crippen molar-refractivity contribution in [1.29, 1.82) is 0 Å². The van der Waals surface area contributed by atoms with Crippen molar-refractivity contribution in [3.8, 4) is 5.75 Å². The van der Waals surface area contributed by atoms with Crippen molar-refractivity contribution in [3.63, 3.8) is 0 Å². The smallest absolute Gasteiger partial charge is 0.258 e. The fourth-order valence-corrected chi connectivity index (χ4v) is 3.46. The predicted octanol–water partition coefficient (Wildman–Crippen LogP) is 4.41. The average Bonchev–Trinajstić information content (AvgIpc) is 2.99. The molecule has 0 radical (unpaired) electrons. The van der Waals surface area contributed by atoms with Crippen LogP contribution in [-0.4, -0.2) is 18.6 Å². The molecule has 3 aromatic rings. The molecule has 0 aliphatic heterocycles. The molecular weight excluding hydrogens is 302 g/mol. The highest BCUT2D eigenvalue weighted by Gasteiger charge is 2.16. The van der Waals surface area contributed by atoms with Crippen LogP contribution in [0.2, 0.25) is 0 Å². The second kappa shape index (κ2) is 6.56. The molecule has 0 bridgehead atoms. The van der Waals surface area contributed by atoms with Gasteiger partial charge in [0.25, 0.3) is 5.91 Å². The van der Waals surface area contributed by atoms with Crippen LogP contribution in [0.4, 0.5) is 0 Å². The first-order valence-corrected chi connectivity index (χ1v) is 8.63. The normalized spacial score (nSPS) is 15.7. The topological polar surface area (TPSA) is 51.5 Å². The van der Waals surface area contributed by atoms with Crippen molar-refractivity contribution in [2.75, 3.05) is 6.61 Å². The maximum Gasteiger partial charge on any atom is 0.258 e. The monoisotopic (exact) mass is 323 g/mol. The van der Waals surface area contributed by atoms with E-state index in [9.17, 15) is 4.79 Å². The lowest BCUT2D eigenvalue weighted by atomic mass is 9.95. The zero-order valence-corrected chi connectivity index (χ0v) is 13.6. The lowest BCUT2D eigenvalue weighted by Gasteiger charge is -2.22. The van der Waals surface area contributed by atoms with Gasteiger partial charge in [0.15, 0.2) is 6.61 Å². The Morgan fingerprint density at radius 2 is 1.83 bits per heavy atom. The second-order valence-corrected chi connectivity index (χ2v) is 6.45. The molecule has 0 unspecified atom stereocenters. The van der Waals surface area contributed by atoms with Crippen LogP contribution in [0.1, 0.15) is 32.1 Å². The van der Waals surface area contributed by atoms with Gasteiger partial charge in [-0.2, -0.15) is 0 Å². The van der Waals surface area contributed by atoms with E-state index >= 15 is 0 Å². The van der Waals surface area contributed by atoms with Gasteiger partial charge < -0.3 is 14.5 Å². The Labute approximate surface area is 140 Å². The molecule has 2 aromatic carbocycles. The molecule has 4 nitrogen and oxygen atoms in total. The summed E-state index contributed by atoms with van der Waals surface area (Å²) < 4.78 is 11.5. The maximum atomic E-state index is 12.1. The van der Waals surface area contributed by atoms with Gasteiger partial charge in [0.2, 0.25) is 0 Å². The number of carbonyl (C=O) groups is 1. The number of benzene rings is 2. The van der Waals surface area contributed by atoms with Gasteiger partial charge >= 0.3 is 0 Å². The summed E-state index contributed by atoms with van der Waals surface area (Å²) in [6.07, 6.45) is 5.85. The predicted molar refractivity (Wildman–Crippen MR) is 94.2 cm³/mol. The minimum absolute atomic E-state index is 0.0425. The molecule has 1 aliphatic carbocycles. The minimum atomic E-state index is -0.0425. The van der Waals surface area contributed by atoms with Crippen LogP contribution in [0.25, 0.3) is 21.9 Å². The molecule has 4 rings (SSSR count). The number of hydrogen-bond donors (Lipinski definition) is 1. The molecule has 1 heterocycles. The average molecular weight is 323 g/mol. The van der Waals surface area contributed by atoms with E-state index in [1.54, 1.807) is 0 Å². The first-order chi connectivity index (χ1) is 11.8. The van der Waals surface area contributed by atoms with E-state index in [0.29, 0.717) is 11.8 Å².